The molecule has 1 saturated carbocycles. The quantitative estimate of drug-likeness (QED) is 0.699. The van der Waals surface area contributed by atoms with Crippen LogP contribution in [-0.2, 0) is 4.74 Å². The van der Waals surface area contributed by atoms with Gasteiger partial charge < -0.3 is 4.74 Å². The fraction of sp³-hybridized carbons (Fsp3) is 0.333. The molecule has 1 heteroatoms. The largest absolute Gasteiger partial charge is 0.377 e. The van der Waals surface area contributed by atoms with E-state index in [0.717, 1.165) is 13.0 Å². The van der Waals surface area contributed by atoms with Crippen molar-refractivity contribution >= 4 is 6.08 Å². The van der Waals surface area contributed by atoms with Crippen LogP contribution in [0, 0.1) is 17.8 Å². The Bertz CT molecular complexity index is 408. The summed E-state index contributed by atoms with van der Waals surface area (Å²) in [5.41, 5.74) is 1.19. The lowest BCUT2D eigenvalue weighted by atomic mass is 10.2. The van der Waals surface area contributed by atoms with Crippen LogP contribution in [0.2, 0.25) is 0 Å². The van der Waals surface area contributed by atoms with E-state index in [1.807, 2.05) is 37.3 Å². The molecule has 0 unspecified atom stereocenters. The van der Waals surface area contributed by atoms with Gasteiger partial charge in [-0.2, -0.15) is 0 Å². The molecule has 0 radical (unpaired) electrons. The van der Waals surface area contributed by atoms with Crippen molar-refractivity contribution < 1.29 is 4.74 Å². The van der Waals surface area contributed by atoms with E-state index in [0.29, 0.717) is 12.0 Å². The van der Waals surface area contributed by atoms with Crippen molar-refractivity contribution in [3.05, 3.63) is 42.0 Å². The summed E-state index contributed by atoms with van der Waals surface area (Å²) in [6.07, 6.45) is 5.43. The highest BCUT2D eigenvalue weighted by Crippen LogP contribution is 2.32. The van der Waals surface area contributed by atoms with Gasteiger partial charge in [0.1, 0.15) is 0 Å². The SMILES string of the molecule is CCO[C@H]1C[C@@H]1C#C/C=C/c1ccccc1. The van der Waals surface area contributed by atoms with Gasteiger partial charge in [0.2, 0.25) is 0 Å². The Balaban J connectivity index is 1.80. The average molecular weight is 212 g/mol. The number of ether oxygens (including phenoxy) is 1. The zero-order valence-corrected chi connectivity index (χ0v) is 9.52. The van der Waals surface area contributed by atoms with Crippen LogP contribution >= 0.6 is 0 Å². The first-order valence-electron chi connectivity index (χ1n) is 5.74. The van der Waals surface area contributed by atoms with Gasteiger partial charge in [0.25, 0.3) is 0 Å². The molecule has 1 fully saturated rings. The van der Waals surface area contributed by atoms with Crippen molar-refractivity contribution in [3.8, 4) is 11.8 Å². The first-order chi connectivity index (χ1) is 7.90. The van der Waals surface area contributed by atoms with Crippen molar-refractivity contribution in [3.63, 3.8) is 0 Å². The topological polar surface area (TPSA) is 9.23 Å². The van der Waals surface area contributed by atoms with Gasteiger partial charge in [0.15, 0.2) is 0 Å². The minimum atomic E-state index is 0.391. The minimum absolute atomic E-state index is 0.391. The molecule has 82 valence electrons. The van der Waals surface area contributed by atoms with Gasteiger partial charge in [0.05, 0.1) is 6.10 Å². The Labute approximate surface area is 97.1 Å². The zero-order valence-electron chi connectivity index (χ0n) is 9.52. The standard InChI is InChI=1S/C15H16O/c1-2-16-15-12-14(15)11-7-6-10-13-8-4-3-5-9-13/h3-6,8-10,14-15H,2,12H2,1H3/b10-6+/t14-,15-/m0/s1. The molecule has 0 amide bonds. The fourth-order valence-corrected chi connectivity index (χ4v) is 1.58. The lowest BCUT2D eigenvalue weighted by molar-refractivity contribution is 0.127. The first-order valence-corrected chi connectivity index (χ1v) is 5.74. The minimum Gasteiger partial charge on any atom is -0.377 e. The summed E-state index contributed by atoms with van der Waals surface area (Å²) in [6.45, 7) is 2.82. The summed E-state index contributed by atoms with van der Waals surface area (Å²) in [6, 6.07) is 10.2. The normalized spacial score (nSPS) is 22.8. The highest BCUT2D eigenvalue weighted by Gasteiger charge is 2.36. The van der Waals surface area contributed by atoms with Crippen molar-refractivity contribution in [1.29, 1.82) is 0 Å². The Morgan fingerprint density at radius 3 is 2.94 bits per heavy atom. The maximum Gasteiger partial charge on any atom is 0.0726 e. The van der Waals surface area contributed by atoms with Crippen LogP contribution in [-0.4, -0.2) is 12.7 Å². The van der Waals surface area contributed by atoms with E-state index in [1.165, 1.54) is 5.56 Å². The average Bonchev–Trinajstić information content (AvgIpc) is 3.05. The van der Waals surface area contributed by atoms with E-state index in [1.54, 1.807) is 0 Å². The van der Waals surface area contributed by atoms with Crippen LogP contribution in [0.5, 0.6) is 0 Å². The second kappa shape index (κ2) is 5.53. The zero-order chi connectivity index (χ0) is 11.2. The fourth-order valence-electron chi connectivity index (χ4n) is 1.58. The Morgan fingerprint density at radius 2 is 2.19 bits per heavy atom. The van der Waals surface area contributed by atoms with Crippen LogP contribution in [0.15, 0.2) is 36.4 Å². The highest BCUT2D eigenvalue weighted by atomic mass is 16.5. The van der Waals surface area contributed by atoms with Gasteiger partial charge >= 0.3 is 0 Å². The maximum absolute atomic E-state index is 5.45. The van der Waals surface area contributed by atoms with Crippen LogP contribution in [0.25, 0.3) is 6.08 Å². The van der Waals surface area contributed by atoms with E-state index >= 15 is 0 Å². The predicted molar refractivity (Wildman–Crippen MR) is 66.8 cm³/mol. The summed E-state index contributed by atoms with van der Waals surface area (Å²) in [7, 11) is 0. The van der Waals surface area contributed by atoms with Gasteiger partial charge in [-0.1, -0.05) is 42.2 Å². The monoisotopic (exact) mass is 212 g/mol. The summed E-state index contributed by atoms with van der Waals surface area (Å²) in [5, 5.41) is 0. The molecule has 1 aliphatic rings. The summed E-state index contributed by atoms with van der Waals surface area (Å²) in [4.78, 5) is 0. The molecular formula is C15H16O. The van der Waals surface area contributed by atoms with Gasteiger partial charge in [-0.15, -0.1) is 0 Å². The summed E-state index contributed by atoms with van der Waals surface area (Å²) in [5.74, 6) is 6.73. The van der Waals surface area contributed by atoms with Gasteiger partial charge in [-0.25, -0.2) is 0 Å². The Hall–Kier alpha value is -1.52. The lowest BCUT2D eigenvalue weighted by Gasteiger charge is -1.92. The smallest absolute Gasteiger partial charge is 0.0726 e. The maximum atomic E-state index is 5.45. The molecule has 0 aliphatic heterocycles. The van der Waals surface area contributed by atoms with E-state index in [9.17, 15) is 0 Å². The summed E-state index contributed by atoms with van der Waals surface area (Å²) >= 11 is 0. The van der Waals surface area contributed by atoms with Crippen LogP contribution < -0.4 is 0 Å². The van der Waals surface area contributed by atoms with Crippen LogP contribution in [0.3, 0.4) is 0 Å². The molecule has 1 aliphatic carbocycles. The predicted octanol–water partition coefficient (Wildman–Crippen LogP) is 3.13. The second-order valence-electron chi connectivity index (χ2n) is 3.87. The molecule has 0 bridgehead atoms. The molecule has 1 aromatic rings. The van der Waals surface area contributed by atoms with Crippen molar-refractivity contribution in [1.82, 2.24) is 0 Å². The molecule has 1 aromatic carbocycles. The molecule has 2 rings (SSSR count). The Kier molecular flexibility index (Phi) is 3.80. The number of hydrogen-bond donors (Lipinski definition) is 0. The number of benzene rings is 1. The van der Waals surface area contributed by atoms with Crippen molar-refractivity contribution in [2.24, 2.45) is 5.92 Å². The molecule has 16 heavy (non-hydrogen) atoms. The van der Waals surface area contributed by atoms with Gasteiger partial charge in [-0.3, -0.25) is 0 Å². The third kappa shape index (κ3) is 3.25. The number of rotatable bonds is 3. The van der Waals surface area contributed by atoms with E-state index < -0.39 is 0 Å². The van der Waals surface area contributed by atoms with Crippen molar-refractivity contribution in [2.45, 2.75) is 19.4 Å². The molecule has 2 atom stereocenters. The molecule has 0 N–H and O–H groups in total. The molecule has 0 aromatic heterocycles. The van der Waals surface area contributed by atoms with E-state index in [-0.39, 0.29) is 0 Å². The molecular weight excluding hydrogens is 196 g/mol. The first kappa shape index (κ1) is 11.0. The molecule has 1 nitrogen and oxygen atoms in total. The summed E-state index contributed by atoms with van der Waals surface area (Å²) < 4.78 is 5.45. The molecule has 0 heterocycles. The number of hydrogen-bond acceptors (Lipinski definition) is 1. The van der Waals surface area contributed by atoms with Crippen LogP contribution in [0.1, 0.15) is 18.9 Å². The highest BCUT2D eigenvalue weighted by molar-refractivity contribution is 5.52. The van der Waals surface area contributed by atoms with E-state index in [4.69, 9.17) is 4.74 Å². The lowest BCUT2D eigenvalue weighted by Crippen LogP contribution is -1.93. The second-order valence-corrected chi connectivity index (χ2v) is 3.87. The Morgan fingerprint density at radius 1 is 1.38 bits per heavy atom. The third-order valence-electron chi connectivity index (χ3n) is 2.54. The number of allylic oxidation sites excluding steroid dienone is 1. The van der Waals surface area contributed by atoms with Gasteiger partial charge in [-0.05, 0) is 31.1 Å². The van der Waals surface area contributed by atoms with Crippen molar-refractivity contribution in [2.75, 3.05) is 6.61 Å². The van der Waals surface area contributed by atoms with E-state index in [2.05, 4.69) is 24.0 Å². The third-order valence-corrected chi connectivity index (χ3v) is 2.54. The van der Waals surface area contributed by atoms with Crippen LogP contribution in [0.4, 0.5) is 0 Å². The van der Waals surface area contributed by atoms with Gasteiger partial charge in [0, 0.05) is 12.5 Å². The molecule has 0 saturated heterocycles. The molecule has 0 spiro atoms.